The van der Waals surface area contributed by atoms with Crippen LogP contribution in [0.1, 0.15) is 47.5 Å². The molecule has 0 radical (unpaired) electrons. The first-order valence-electron chi connectivity index (χ1n) is 8.05. The van der Waals surface area contributed by atoms with Crippen molar-refractivity contribution in [2.45, 2.75) is 30.9 Å². The first-order valence-corrected chi connectivity index (χ1v) is 10.3. The van der Waals surface area contributed by atoms with Gasteiger partial charge < -0.3 is 16.0 Å². The highest BCUT2D eigenvalue weighted by Crippen LogP contribution is 2.33. The average molecular weight is 399 g/mol. The Balaban J connectivity index is 2.36. The number of primary amides is 1. The van der Waals surface area contributed by atoms with E-state index in [4.69, 9.17) is 5.73 Å². The Kier molecular flexibility index (Phi) is 6.51. The maximum absolute atomic E-state index is 12.8. The van der Waals surface area contributed by atoms with Crippen LogP contribution in [0.4, 0.5) is 5.00 Å². The summed E-state index contributed by atoms with van der Waals surface area (Å²) in [4.78, 5) is 30.3. The van der Waals surface area contributed by atoms with Gasteiger partial charge in [-0.05, 0) is 12.5 Å². The summed E-state index contributed by atoms with van der Waals surface area (Å²) < 4.78 is 27.0. The molecule has 2 aromatic heterocycles. The van der Waals surface area contributed by atoms with Gasteiger partial charge >= 0.3 is 0 Å². The number of carbonyl (C=O) groups excluding carboxylic acids is 2. The van der Waals surface area contributed by atoms with Gasteiger partial charge in [0.15, 0.2) is 0 Å². The standard InChI is InChI=1S/C15H21N5O4S2/c1-3-5-6-20(4-2)26(23,24)12-7-10(13(16)21)15(25-12)19-14(22)11-8-17-9-18-11/h7-9H,3-6H2,1-2H3,(H2,16,21)(H,17,18)(H,19,22). The summed E-state index contributed by atoms with van der Waals surface area (Å²) in [5.41, 5.74) is 5.40. The third-order valence-corrected chi connectivity index (χ3v) is 7.11. The maximum Gasteiger partial charge on any atom is 0.276 e. The number of unbranched alkanes of at least 4 members (excludes halogenated alkanes) is 1. The molecule has 2 amide bonds. The van der Waals surface area contributed by atoms with Crippen LogP contribution in [0.2, 0.25) is 0 Å². The number of carbonyl (C=O) groups is 2. The molecule has 26 heavy (non-hydrogen) atoms. The molecule has 142 valence electrons. The van der Waals surface area contributed by atoms with Crippen LogP contribution in [0.3, 0.4) is 0 Å². The number of nitrogens with one attached hydrogen (secondary N) is 2. The number of amides is 2. The number of hydrogen-bond acceptors (Lipinski definition) is 6. The lowest BCUT2D eigenvalue weighted by molar-refractivity contribution is 0.100. The number of hydrogen-bond donors (Lipinski definition) is 3. The van der Waals surface area contributed by atoms with E-state index in [0.717, 1.165) is 24.2 Å². The van der Waals surface area contributed by atoms with Crippen molar-refractivity contribution in [3.8, 4) is 0 Å². The Bertz CT molecular complexity index is 874. The van der Waals surface area contributed by atoms with Crippen LogP contribution in [0.5, 0.6) is 0 Å². The van der Waals surface area contributed by atoms with E-state index >= 15 is 0 Å². The molecule has 0 aliphatic heterocycles. The molecule has 2 heterocycles. The Hall–Kier alpha value is -2.24. The van der Waals surface area contributed by atoms with E-state index in [1.165, 1.54) is 22.9 Å². The summed E-state index contributed by atoms with van der Waals surface area (Å²) in [6.45, 7) is 4.41. The number of H-pyrrole nitrogens is 1. The van der Waals surface area contributed by atoms with Crippen LogP contribution in [-0.2, 0) is 10.0 Å². The number of nitrogens with two attached hydrogens (primary N) is 1. The van der Waals surface area contributed by atoms with E-state index < -0.39 is 21.8 Å². The van der Waals surface area contributed by atoms with Gasteiger partial charge in [-0.25, -0.2) is 13.4 Å². The molecule has 0 atom stereocenters. The predicted octanol–water partition coefficient (Wildman–Crippen LogP) is 1.63. The zero-order chi connectivity index (χ0) is 19.3. The topological polar surface area (TPSA) is 138 Å². The van der Waals surface area contributed by atoms with Gasteiger partial charge in [-0.1, -0.05) is 20.3 Å². The number of rotatable bonds is 9. The number of imidazole rings is 1. The molecule has 2 aromatic rings. The van der Waals surface area contributed by atoms with Crippen LogP contribution >= 0.6 is 11.3 Å². The van der Waals surface area contributed by atoms with Crippen molar-refractivity contribution in [2.75, 3.05) is 18.4 Å². The summed E-state index contributed by atoms with van der Waals surface area (Å²) in [6, 6.07) is 1.21. The van der Waals surface area contributed by atoms with E-state index in [-0.39, 0.29) is 20.5 Å². The lowest BCUT2D eigenvalue weighted by Crippen LogP contribution is -2.31. The lowest BCUT2D eigenvalue weighted by atomic mass is 10.3. The zero-order valence-corrected chi connectivity index (χ0v) is 16.1. The van der Waals surface area contributed by atoms with E-state index in [1.807, 2.05) is 6.92 Å². The van der Waals surface area contributed by atoms with E-state index in [9.17, 15) is 18.0 Å². The second-order valence-corrected chi connectivity index (χ2v) is 8.65. The maximum atomic E-state index is 12.8. The summed E-state index contributed by atoms with van der Waals surface area (Å²) in [7, 11) is -3.78. The van der Waals surface area contributed by atoms with Crippen molar-refractivity contribution >= 4 is 38.2 Å². The smallest absolute Gasteiger partial charge is 0.276 e. The summed E-state index contributed by atoms with van der Waals surface area (Å²) in [6.07, 6.45) is 4.30. The third-order valence-electron chi connectivity index (χ3n) is 3.64. The van der Waals surface area contributed by atoms with Gasteiger partial charge in [-0.2, -0.15) is 4.31 Å². The monoisotopic (exact) mass is 399 g/mol. The largest absolute Gasteiger partial charge is 0.366 e. The predicted molar refractivity (Wildman–Crippen MR) is 98.7 cm³/mol. The van der Waals surface area contributed by atoms with Gasteiger partial charge in [0.1, 0.15) is 14.9 Å². The average Bonchev–Trinajstić information content (AvgIpc) is 3.25. The fourth-order valence-corrected chi connectivity index (χ4v) is 5.24. The van der Waals surface area contributed by atoms with E-state index in [1.54, 1.807) is 6.92 Å². The van der Waals surface area contributed by atoms with Crippen LogP contribution < -0.4 is 11.1 Å². The van der Waals surface area contributed by atoms with Crippen LogP contribution in [0.25, 0.3) is 0 Å². The number of aromatic amines is 1. The first kappa shape index (κ1) is 20.1. The second-order valence-electron chi connectivity index (χ2n) is 5.43. The second kappa shape index (κ2) is 8.43. The number of sulfonamides is 1. The van der Waals surface area contributed by atoms with Crippen molar-refractivity contribution in [3.63, 3.8) is 0 Å². The SMILES string of the molecule is CCCCN(CC)S(=O)(=O)c1cc(C(N)=O)c(NC(=O)c2c[nH]cn2)s1. The van der Waals surface area contributed by atoms with Gasteiger partial charge in [0, 0.05) is 19.3 Å². The molecule has 4 N–H and O–H groups in total. The lowest BCUT2D eigenvalue weighted by Gasteiger charge is -2.18. The normalized spacial score (nSPS) is 11.7. The number of aromatic nitrogens is 2. The molecule has 0 aliphatic rings. The van der Waals surface area contributed by atoms with Gasteiger partial charge in [0.05, 0.1) is 11.9 Å². The molecule has 0 spiro atoms. The van der Waals surface area contributed by atoms with Crippen LogP contribution in [0.15, 0.2) is 22.8 Å². The summed E-state index contributed by atoms with van der Waals surface area (Å²) >= 11 is 0.797. The molecule has 0 aromatic carbocycles. The van der Waals surface area contributed by atoms with Crippen molar-refractivity contribution in [1.29, 1.82) is 0 Å². The highest BCUT2D eigenvalue weighted by Gasteiger charge is 2.28. The first-order chi connectivity index (χ1) is 12.3. The quantitative estimate of drug-likeness (QED) is 0.588. The molecular weight excluding hydrogens is 378 g/mol. The molecule has 9 nitrogen and oxygen atoms in total. The third kappa shape index (κ3) is 4.29. The Morgan fingerprint density at radius 2 is 2.12 bits per heavy atom. The van der Waals surface area contributed by atoms with Crippen molar-refractivity contribution in [3.05, 3.63) is 29.8 Å². The highest BCUT2D eigenvalue weighted by molar-refractivity contribution is 7.91. The van der Waals surface area contributed by atoms with Gasteiger partial charge in [0.25, 0.3) is 21.8 Å². The van der Waals surface area contributed by atoms with E-state index in [2.05, 4.69) is 15.3 Å². The van der Waals surface area contributed by atoms with Crippen molar-refractivity contribution in [1.82, 2.24) is 14.3 Å². The fraction of sp³-hybridized carbons (Fsp3) is 0.400. The van der Waals surface area contributed by atoms with Gasteiger partial charge in [0.2, 0.25) is 0 Å². The number of anilines is 1. The van der Waals surface area contributed by atoms with Crippen LogP contribution in [-0.4, -0.2) is 47.6 Å². The molecule has 0 aliphatic carbocycles. The Morgan fingerprint density at radius 1 is 1.38 bits per heavy atom. The molecule has 0 saturated carbocycles. The molecule has 2 rings (SSSR count). The number of nitrogens with zero attached hydrogens (tertiary/aromatic N) is 2. The highest BCUT2D eigenvalue weighted by atomic mass is 32.2. The minimum absolute atomic E-state index is 0.0402. The summed E-state index contributed by atoms with van der Waals surface area (Å²) in [5, 5.41) is 2.58. The minimum atomic E-state index is -3.78. The number of thiophene rings is 1. The Labute approximate surface area is 155 Å². The minimum Gasteiger partial charge on any atom is -0.366 e. The van der Waals surface area contributed by atoms with E-state index in [0.29, 0.717) is 13.1 Å². The van der Waals surface area contributed by atoms with Crippen LogP contribution in [0, 0.1) is 0 Å². The fourth-order valence-electron chi connectivity index (χ4n) is 2.23. The molecule has 0 fully saturated rings. The summed E-state index contributed by atoms with van der Waals surface area (Å²) in [5.74, 6) is -1.39. The van der Waals surface area contributed by atoms with Gasteiger partial charge in [-0.3, -0.25) is 9.59 Å². The molecule has 0 saturated heterocycles. The Morgan fingerprint density at radius 3 is 2.65 bits per heavy atom. The molecule has 0 bridgehead atoms. The van der Waals surface area contributed by atoms with Crippen molar-refractivity contribution in [2.24, 2.45) is 5.73 Å². The zero-order valence-electron chi connectivity index (χ0n) is 14.5. The molecule has 11 heteroatoms. The molecular formula is C15H21N5O4S2. The van der Waals surface area contributed by atoms with Gasteiger partial charge in [-0.15, -0.1) is 11.3 Å². The molecule has 0 unspecified atom stereocenters. The van der Waals surface area contributed by atoms with Crippen molar-refractivity contribution < 1.29 is 18.0 Å².